The van der Waals surface area contributed by atoms with Gasteiger partial charge in [-0.15, -0.1) is 0 Å². The summed E-state index contributed by atoms with van der Waals surface area (Å²) in [5.74, 6) is 0.638. The van der Waals surface area contributed by atoms with Gasteiger partial charge in [-0.3, -0.25) is 0 Å². The number of nitrogens with zero attached hydrogens (tertiary/aromatic N) is 1. The standard InChI is InChI=1S/C17H32INO3/c1-6-8-9-13(7-2)12-21-15-11-19(10-14(15)18)16(20)22-17(3,4)5/h13-15H,6-12H2,1-5H3. The van der Waals surface area contributed by atoms with Crippen molar-refractivity contribution in [1.29, 1.82) is 0 Å². The minimum absolute atomic E-state index is 0.129. The Morgan fingerprint density at radius 3 is 2.55 bits per heavy atom. The number of carbonyl (C=O) groups is 1. The molecule has 3 unspecified atom stereocenters. The van der Waals surface area contributed by atoms with Crippen molar-refractivity contribution in [2.24, 2.45) is 5.92 Å². The van der Waals surface area contributed by atoms with Crippen LogP contribution >= 0.6 is 22.6 Å². The molecular weight excluding hydrogens is 393 g/mol. The average Bonchev–Trinajstić information content (AvgIpc) is 2.79. The first-order valence-electron chi connectivity index (χ1n) is 8.50. The lowest BCUT2D eigenvalue weighted by Gasteiger charge is -2.24. The van der Waals surface area contributed by atoms with E-state index in [4.69, 9.17) is 9.47 Å². The monoisotopic (exact) mass is 425 g/mol. The third kappa shape index (κ3) is 7.02. The van der Waals surface area contributed by atoms with Gasteiger partial charge in [-0.25, -0.2) is 4.79 Å². The normalized spacial score (nSPS) is 23.6. The lowest BCUT2D eigenvalue weighted by Crippen LogP contribution is -2.36. The molecule has 130 valence electrons. The van der Waals surface area contributed by atoms with Gasteiger partial charge in [0.1, 0.15) is 5.60 Å². The molecule has 0 N–H and O–H groups in total. The molecule has 5 heteroatoms. The Labute approximate surface area is 149 Å². The van der Waals surface area contributed by atoms with Gasteiger partial charge in [-0.05, 0) is 33.1 Å². The Morgan fingerprint density at radius 1 is 1.32 bits per heavy atom. The number of alkyl halides is 1. The van der Waals surface area contributed by atoms with Crippen LogP contribution in [-0.2, 0) is 9.47 Å². The van der Waals surface area contributed by atoms with E-state index in [0.29, 0.717) is 22.9 Å². The van der Waals surface area contributed by atoms with Crippen molar-refractivity contribution in [2.45, 2.75) is 75.9 Å². The summed E-state index contributed by atoms with van der Waals surface area (Å²) in [4.78, 5) is 13.9. The molecule has 1 fully saturated rings. The van der Waals surface area contributed by atoms with Crippen LogP contribution in [0.1, 0.15) is 60.3 Å². The molecule has 0 aliphatic carbocycles. The zero-order chi connectivity index (χ0) is 16.8. The van der Waals surface area contributed by atoms with Gasteiger partial charge in [-0.2, -0.15) is 0 Å². The number of halogens is 1. The van der Waals surface area contributed by atoms with E-state index >= 15 is 0 Å². The van der Waals surface area contributed by atoms with Crippen LogP contribution in [0.5, 0.6) is 0 Å². The average molecular weight is 425 g/mol. The van der Waals surface area contributed by atoms with Gasteiger partial charge < -0.3 is 14.4 Å². The van der Waals surface area contributed by atoms with Gasteiger partial charge in [0.25, 0.3) is 0 Å². The summed E-state index contributed by atoms with van der Waals surface area (Å²) < 4.78 is 11.9. The fourth-order valence-corrected chi connectivity index (χ4v) is 3.44. The maximum atomic E-state index is 12.1. The zero-order valence-corrected chi connectivity index (χ0v) is 16.9. The highest BCUT2D eigenvalue weighted by atomic mass is 127. The number of ether oxygens (including phenoxy) is 2. The van der Waals surface area contributed by atoms with Crippen LogP contribution in [0.25, 0.3) is 0 Å². The van der Waals surface area contributed by atoms with E-state index in [1.54, 1.807) is 4.90 Å². The second kappa shape index (κ2) is 9.30. The Bertz CT molecular complexity index is 343. The molecule has 1 aliphatic rings. The van der Waals surface area contributed by atoms with Crippen molar-refractivity contribution < 1.29 is 14.3 Å². The second-order valence-corrected chi connectivity index (χ2v) is 8.79. The maximum absolute atomic E-state index is 12.1. The highest BCUT2D eigenvalue weighted by molar-refractivity contribution is 14.1. The lowest BCUT2D eigenvalue weighted by molar-refractivity contribution is 0.0151. The smallest absolute Gasteiger partial charge is 0.410 e. The molecule has 0 spiro atoms. The van der Waals surface area contributed by atoms with Gasteiger partial charge in [0.05, 0.1) is 16.6 Å². The summed E-state index contributed by atoms with van der Waals surface area (Å²) in [6, 6.07) is 0. The largest absolute Gasteiger partial charge is 0.444 e. The summed E-state index contributed by atoms with van der Waals surface area (Å²) in [5, 5.41) is 0. The summed E-state index contributed by atoms with van der Waals surface area (Å²) in [6.45, 7) is 12.3. The summed E-state index contributed by atoms with van der Waals surface area (Å²) in [7, 11) is 0. The Kier molecular flexibility index (Phi) is 8.46. The molecule has 3 atom stereocenters. The highest BCUT2D eigenvalue weighted by Crippen LogP contribution is 2.24. The van der Waals surface area contributed by atoms with Crippen molar-refractivity contribution >= 4 is 28.7 Å². The van der Waals surface area contributed by atoms with Gasteiger partial charge in [0.2, 0.25) is 0 Å². The molecular formula is C17H32INO3. The number of carbonyl (C=O) groups excluding carboxylic acids is 1. The van der Waals surface area contributed by atoms with E-state index < -0.39 is 5.60 Å². The molecule has 4 nitrogen and oxygen atoms in total. The van der Waals surface area contributed by atoms with E-state index in [0.717, 1.165) is 13.0 Å². The molecule has 1 rings (SSSR count). The number of hydrogen-bond donors (Lipinski definition) is 0. The highest BCUT2D eigenvalue weighted by Gasteiger charge is 2.36. The molecule has 1 saturated heterocycles. The summed E-state index contributed by atoms with van der Waals surface area (Å²) in [5.41, 5.74) is -0.440. The molecule has 1 amide bonds. The third-order valence-electron chi connectivity index (χ3n) is 3.94. The van der Waals surface area contributed by atoms with Crippen molar-refractivity contribution in [2.75, 3.05) is 19.7 Å². The maximum Gasteiger partial charge on any atom is 0.410 e. The summed E-state index contributed by atoms with van der Waals surface area (Å²) in [6.07, 6.45) is 4.81. The van der Waals surface area contributed by atoms with Crippen LogP contribution in [0, 0.1) is 5.92 Å². The predicted molar refractivity (Wildman–Crippen MR) is 98.7 cm³/mol. The Morgan fingerprint density at radius 2 is 2.00 bits per heavy atom. The van der Waals surface area contributed by atoms with E-state index in [1.807, 2.05) is 20.8 Å². The Balaban J connectivity index is 2.41. The van der Waals surface area contributed by atoms with Gasteiger partial charge >= 0.3 is 6.09 Å². The molecule has 0 saturated carbocycles. The minimum Gasteiger partial charge on any atom is -0.444 e. The third-order valence-corrected chi connectivity index (χ3v) is 5.14. The van der Waals surface area contributed by atoms with E-state index in [9.17, 15) is 4.79 Å². The number of likely N-dealkylation sites (tertiary alicyclic amines) is 1. The topological polar surface area (TPSA) is 38.8 Å². The molecule has 0 aromatic heterocycles. The number of amides is 1. The van der Waals surface area contributed by atoms with Crippen molar-refractivity contribution in [1.82, 2.24) is 4.90 Å². The molecule has 22 heavy (non-hydrogen) atoms. The van der Waals surface area contributed by atoms with Crippen molar-refractivity contribution in [3.63, 3.8) is 0 Å². The number of hydrogen-bond acceptors (Lipinski definition) is 3. The van der Waals surface area contributed by atoms with Crippen molar-refractivity contribution in [3.8, 4) is 0 Å². The number of rotatable bonds is 7. The van der Waals surface area contributed by atoms with Crippen LogP contribution in [-0.4, -0.2) is 46.3 Å². The first-order chi connectivity index (χ1) is 10.3. The molecule has 0 bridgehead atoms. The zero-order valence-electron chi connectivity index (χ0n) is 14.7. The predicted octanol–water partition coefficient (Wildman–Crippen LogP) is 4.64. The molecule has 0 aromatic carbocycles. The first-order valence-corrected chi connectivity index (χ1v) is 9.75. The molecule has 1 aliphatic heterocycles. The second-order valence-electron chi connectivity index (χ2n) is 7.19. The summed E-state index contributed by atoms with van der Waals surface area (Å²) >= 11 is 2.39. The van der Waals surface area contributed by atoms with Crippen LogP contribution in [0.15, 0.2) is 0 Å². The fourth-order valence-electron chi connectivity index (χ4n) is 2.52. The molecule has 1 heterocycles. The SMILES string of the molecule is CCCCC(CC)COC1CN(C(=O)OC(C)(C)C)CC1I. The van der Waals surface area contributed by atoms with E-state index in [1.165, 1.54) is 19.3 Å². The van der Waals surface area contributed by atoms with Crippen molar-refractivity contribution in [3.05, 3.63) is 0 Å². The van der Waals surface area contributed by atoms with Crippen LogP contribution in [0.2, 0.25) is 0 Å². The van der Waals surface area contributed by atoms with E-state index in [2.05, 4.69) is 36.4 Å². The van der Waals surface area contributed by atoms with Gasteiger partial charge in [0.15, 0.2) is 0 Å². The minimum atomic E-state index is -0.440. The first kappa shape index (κ1) is 20.0. The Hall–Kier alpha value is -0.0400. The van der Waals surface area contributed by atoms with E-state index in [-0.39, 0.29) is 12.2 Å². The quantitative estimate of drug-likeness (QED) is 0.441. The van der Waals surface area contributed by atoms with Crippen LogP contribution in [0.3, 0.4) is 0 Å². The number of unbranched alkanes of at least 4 members (excludes halogenated alkanes) is 1. The fraction of sp³-hybridized carbons (Fsp3) is 0.941. The van der Waals surface area contributed by atoms with Crippen LogP contribution < -0.4 is 0 Å². The van der Waals surface area contributed by atoms with Crippen LogP contribution in [0.4, 0.5) is 4.79 Å². The lowest BCUT2D eigenvalue weighted by atomic mass is 10.0. The molecule has 0 aromatic rings. The molecule has 0 radical (unpaired) electrons. The van der Waals surface area contributed by atoms with Gasteiger partial charge in [-0.1, -0.05) is 55.7 Å². The van der Waals surface area contributed by atoms with Gasteiger partial charge in [0, 0.05) is 13.2 Å².